The molecule has 0 saturated heterocycles. The van der Waals surface area contributed by atoms with Gasteiger partial charge >= 0.3 is 5.97 Å². The molecule has 1 heterocycles. The normalized spacial score (nSPS) is 16.2. The molecule has 0 aliphatic heterocycles. The summed E-state index contributed by atoms with van der Waals surface area (Å²) in [5.41, 5.74) is 1.07. The van der Waals surface area contributed by atoms with Crippen LogP contribution in [0.5, 0.6) is 0 Å². The van der Waals surface area contributed by atoms with Crippen molar-refractivity contribution >= 4 is 5.97 Å². The van der Waals surface area contributed by atoms with Crippen LogP contribution in [0.2, 0.25) is 0 Å². The van der Waals surface area contributed by atoms with Crippen LogP contribution in [0, 0.1) is 5.92 Å². The van der Waals surface area contributed by atoms with Crippen molar-refractivity contribution in [1.29, 1.82) is 0 Å². The van der Waals surface area contributed by atoms with Gasteiger partial charge in [-0.2, -0.15) is 0 Å². The smallest absolute Gasteiger partial charge is 0.314 e. The van der Waals surface area contributed by atoms with Crippen LogP contribution < -0.4 is 0 Å². The fourth-order valence-electron chi connectivity index (χ4n) is 4.27. The molecule has 1 fully saturated rings. The molecule has 4 heteroatoms. The maximum Gasteiger partial charge on any atom is 0.314 e. The van der Waals surface area contributed by atoms with Crippen LogP contribution in [0.3, 0.4) is 0 Å². The summed E-state index contributed by atoms with van der Waals surface area (Å²) in [6, 6.07) is 14.0. The van der Waals surface area contributed by atoms with Gasteiger partial charge in [-0.05, 0) is 56.5 Å². The van der Waals surface area contributed by atoms with E-state index in [0.717, 1.165) is 43.7 Å². The fourth-order valence-corrected chi connectivity index (χ4v) is 4.27. The summed E-state index contributed by atoms with van der Waals surface area (Å²) >= 11 is 0. The number of furan rings is 1. The van der Waals surface area contributed by atoms with Gasteiger partial charge < -0.3 is 9.15 Å². The lowest BCUT2D eigenvalue weighted by atomic mass is 9.77. The van der Waals surface area contributed by atoms with Crippen LogP contribution in [0.25, 0.3) is 0 Å². The number of esters is 1. The minimum Gasteiger partial charge on any atom is -0.461 e. The van der Waals surface area contributed by atoms with E-state index < -0.39 is 0 Å². The molecule has 28 heavy (non-hydrogen) atoms. The number of carbonyl (C=O) groups is 1. The molecule has 1 saturated carbocycles. The first-order chi connectivity index (χ1) is 13.7. The average molecular weight is 384 g/mol. The van der Waals surface area contributed by atoms with Gasteiger partial charge in [0.1, 0.15) is 18.1 Å². The quantitative estimate of drug-likeness (QED) is 0.534. The Kier molecular flexibility index (Phi) is 7.72. The van der Waals surface area contributed by atoms with Crippen LogP contribution in [-0.4, -0.2) is 24.5 Å². The van der Waals surface area contributed by atoms with Gasteiger partial charge in [0.2, 0.25) is 0 Å². The molecule has 0 N–H and O–H groups in total. The summed E-state index contributed by atoms with van der Waals surface area (Å²) in [4.78, 5) is 15.2. The molecule has 1 aromatic heterocycles. The molecule has 0 unspecified atom stereocenters. The maximum atomic E-state index is 13.0. The van der Waals surface area contributed by atoms with E-state index in [9.17, 15) is 4.79 Å². The summed E-state index contributed by atoms with van der Waals surface area (Å²) in [6.07, 6.45) is 6.99. The molecular formula is C24H33NO3. The van der Waals surface area contributed by atoms with Gasteiger partial charge in [-0.25, -0.2) is 0 Å². The third kappa shape index (κ3) is 5.71. The van der Waals surface area contributed by atoms with Crippen LogP contribution >= 0.6 is 0 Å². The minimum atomic E-state index is -0.174. The number of hydrogen-bond acceptors (Lipinski definition) is 4. The van der Waals surface area contributed by atoms with Crippen molar-refractivity contribution in [3.63, 3.8) is 0 Å². The van der Waals surface area contributed by atoms with E-state index in [1.54, 1.807) is 0 Å². The number of hydrogen-bond donors (Lipinski definition) is 0. The summed E-state index contributed by atoms with van der Waals surface area (Å²) in [6.45, 7) is 4.17. The predicted octanol–water partition coefficient (Wildman–Crippen LogP) is 5.53. The molecule has 152 valence electrons. The monoisotopic (exact) mass is 383 g/mol. The number of benzene rings is 1. The summed E-state index contributed by atoms with van der Waals surface area (Å²) < 4.78 is 11.6. The van der Waals surface area contributed by atoms with E-state index in [-0.39, 0.29) is 18.5 Å². The highest BCUT2D eigenvalue weighted by atomic mass is 16.5. The lowest BCUT2D eigenvalue weighted by Crippen LogP contribution is -2.25. The SMILES string of the molecule is CCCN(C)Cc1ccc(COC(=O)[C@H](c2ccccc2)C2CCCCC2)o1. The highest BCUT2D eigenvalue weighted by molar-refractivity contribution is 5.78. The Labute approximate surface area is 168 Å². The zero-order chi connectivity index (χ0) is 19.8. The molecule has 1 atom stereocenters. The van der Waals surface area contributed by atoms with Crippen molar-refractivity contribution in [2.45, 2.75) is 64.5 Å². The predicted molar refractivity (Wildman–Crippen MR) is 111 cm³/mol. The largest absolute Gasteiger partial charge is 0.461 e. The Morgan fingerprint density at radius 2 is 1.82 bits per heavy atom. The van der Waals surface area contributed by atoms with Gasteiger partial charge in [-0.3, -0.25) is 9.69 Å². The number of nitrogens with zero attached hydrogens (tertiary/aromatic N) is 1. The van der Waals surface area contributed by atoms with Crippen LogP contribution in [0.4, 0.5) is 0 Å². The molecule has 1 aromatic carbocycles. The van der Waals surface area contributed by atoms with E-state index in [1.807, 2.05) is 30.3 Å². The Morgan fingerprint density at radius 3 is 2.54 bits per heavy atom. The lowest BCUT2D eigenvalue weighted by Gasteiger charge is -2.29. The van der Waals surface area contributed by atoms with E-state index in [4.69, 9.17) is 9.15 Å². The van der Waals surface area contributed by atoms with Crippen molar-refractivity contribution in [2.24, 2.45) is 5.92 Å². The first-order valence-corrected chi connectivity index (χ1v) is 10.6. The standard InChI is InChI=1S/C24H33NO3/c1-3-16-25(2)17-21-14-15-22(28-21)18-27-24(26)23(19-10-6-4-7-11-19)20-12-8-5-9-13-20/h4,6-7,10-11,14-15,20,23H,3,5,8-9,12-13,16-18H2,1-2H3/t23-/m1/s1. The van der Waals surface area contributed by atoms with Gasteiger partial charge in [0.05, 0.1) is 12.5 Å². The van der Waals surface area contributed by atoms with Crippen molar-refractivity contribution in [3.8, 4) is 0 Å². The number of rotatable bonds is 9. The van der Waals surface area contributed by atoms with Crippen LogP contribution in [0.15, 0.2) is 46.9 Å². The third-order valence-electron chi connectivity index (χ3n) is 5.64. The van der Waals surface area contributed by atoms with E-state index in [1.165, 1.54) is 19.3 Å². The van der Waals surface area contributed by atoms with Gasteiger partial charge in [-0.15, -0.1) is 0 Å². The molecule has 1 aliphatic rings. The van der Waals surface area contributed by atoms with Crippen molar-refractivity contribution in [2.75, 3.05) is 13.6 Å². The summed E-state index contributed by atoms with van der Waals surface area (Å²) in [5.74, 6) is 1.70. The van der Waals surface area contributed by atoms with E-state index >= 15 is 0 Å². The fraction of sp³-hybridized carbons (Fsp3) is 0.542. The Hall–Kier alpha value is -2.07. The second-order valence-electron chi connectivity index (χ2n) is 8.00. The second-order valence-corrected chi connectivity index (χ2v) is 8.00. The third-order valence-corrected chi connectivity index (χ3v) is 5.64. The zero-order valence-corrected chi connectivity index (χ0v) is 17.2. The summed E-state index contributed by atoms with van der Waals surface area (Å²) in [5, 5.41) is 0. The zero-order valence-electron chi connectivity index (χ0n) is 17.2. The molecule has 0 radical (unpaired) electrons. The Morgan fingerprint density at radius 1 is 1.11 bits per heavy atom. The highest BCUT2D eigenvalue weighted by Crippen LogP contribution is 2.37. The molecule has 3 rings (SSSR count). The van der Waals surface area contributed by atoms with Crippen LogP contribution in [-0.2, 0) is 22.7 Å². The van der Waals surface area contributed by atoms with E-state index in [0.29, 0.717) is 11.7 Å². The highest BCUT2D eigenvalue weighted by Gasteiger charge is 2.32. The van der Waals surface area contributed by atoms with Crippen LogP contribution in [0.1, 0.15) is 68.5 Å². The second kappa shape index (κ2) is 10.5. The van der Waals surface area contributed by atoms with Gasteiger partial charge in [0.25, 0.3) is 0 Å². The number of carbonyl (C=O) groups excluding carboxylic acids is 1. The van der Waals surface area contributed by atoms with Crippen molar-refractivity contribution in [1.82, 2.24) is 4.90 Å². The molecule has 4 nitrogen and oxygen atoms in total. The van der Waals surface area contributed by atoms with Gasteiger partial charge in [0, 0.05) is 0 Å². The Balaban J connectivity index is 1.61. The molecule has 1 aliphatic carbocycles. The van der Waals surface area contributed by atoms with Crippen molar-refractivity contribution in [3.05, 3.63) is 59.5 Å². The van der Waals surface area contributed by atoms with E-state index in [2.05, 4.69) is 31.0 Å². The molecule has 0 bridgehead atoms. The maximum absolute atomic E-state index is 13.0. The summed E-state index contributed by atoms with van der Waals surface area (Å²) in [7, 11) is 2.08. The van der Waals surface area contributed by atoms with Gasteiger partial charge in [0.15, 0.2) is 0 Å². The minimum absolute atomic E-state index is 0.126. The topological polar surface area (TPSA) is 42.7 Å². The molecule has 2 aromatic rings. The first-order valence-electron chi connectivity index (χ1n) is 10.6. The molecular weight excluding hydrogens is 350 g/mol. The molecule has 0 spiro atoms. The average Bonchev–Trinajstić information content (AvgIpc) is 3.16. The first kappa shape index (κ1) is 20.7. The lowest BCUT2D eigenvalue weighted by molar-refractivity contribution is -0.149. The Bertz CT molecular complexity index is 718. The van der Waals surface area contributed by atoms with Gasteiger partial charge in [-0.1, -0.05) is 56.5 Å². The molecule has 0 amide bonds. The number of ether oxygens (including phenoxy) is 1. The van der Waals surface area contributed by atoms with Crippen molar-refractivity contribution < 1.29 is 13.9 Å².